The summed E-state index contributed by atoms with van der Waals surface area (Å²) in [5.41, 5.74) is 2.45. The van der Waals surface area contributed by atoms with E-state index in [0.29, 0.717) is 18.0 Å². The summed E-state index contributed by atoms with van der Waals surface area (Å²) < 4.78 is 0. The molecule has 0 radical (unpaired) electrons. The van der Waals surface area contributed by atoms with Crippen molar-refractivity contribution in [2.75, 3.05) is 25.0 Å². The number of piperidine rings is 1. The van der Waals surface area contributed by atoms with E-state index in [2.05, 4.69) is 15.5 Å². The molecule has 2 N–H and O–H groups in total. The Kier molecular flexibility index (Phi) is 7.06. The summed E-state index contributed by atoms with van der Waals surface area (Å²) in [6.45, 7) is 4.42. The molecule has 2 aromatic carbocycles. The highest BCUT2D eigenvalue weighted by Gasteiger charge is 2.22. The number of carbonyl (C=O) groups is 2. The van der Waals surface area contributed by atoms with Crippen molar-refractivity contribution in [1.29, 1.82) is 0 Å². The first kappa shape index (κ1) is 20.4. The van der Waals surface area contributed by atoms with E-state index in [4.69, 9.17) is 11.6 Å². The van der Waals surface area contributed by atoms with Crippen molar-refractivity contribution < 1.29 is 9.59 Å². The molecule has 1 aliphatic heterocycles. The number of amides is 2. The molecule has 0 aromatic heterocycles. The monoisotopic (exact) mass is 399 g/mol. The molecule has 3 rings (SSSR count). The highest BCUT2D eigenvalue weighted by Crippen LogP contribution is 2.16. The van der Waals surface area contributed by atoms with E-state index in [-0.39, 0.29) is 17.9 Å². The van der Waals surface area contributed by atoms with E-state index in [9.17, 15) is 9.59 Å². The minimum absolute atomic E-state index is 0.00236. The van der Waals surface area contributed by atoms with Crippen LogP contribution < -0.4 is 10.6 Å². The molecule has 1 fully saturated rings. The maximum Gasteiger partial charge on any atom is 0.251 e. The second kappa shape index (κ2) is 9.71. The molecular formula is C22H26ClN3O2. The van der Waals surface area contributed by atoms with Crippen LogP contribution in [0.15, 0.2) is 48.5 Å². The van der Waals surface area contributed by atoms with Gasteiger partial charge in [-0.15, -0.1) is 0 Å². The second-order valence-corrected chi connectivity index (χ2v) is 7.65. The van der Waals surface area contributed by atoms with Gasteiger partial charge in [-0.25, -0.2) is 0 Å². The molecular weight excluding hydrogens is 374 g/mol. The van der Waals surface area contributed by atoms with Gasteiger partial charge in [0, 0.05) is 48.4 Å². The van der Waals surface area contributed by atoms with Gasteiger partial charge in [0.2, 0.25) is 5.91 Å². The quantitative estimate of drug-likeness (QED) is 0.775. The fourth-order valence-corrected chi connectivity index (χ4v) is 3.63. The average molecular weight is 400 g/mol. The molecule has 2 aromatic rings. The van der Waals surface area contributed by atoms with Crippen LogP contribution in [-0.4, -0.2) is 42.4 Å². The third-order valence-electron chi connectivity index (χ3n) is 5.08. The van der Waals surface area contributed by atoms with Crippen molar-refractivity contribution in [3.8, 4) is 0 Å². The Morgan fingerprint density at radius 3 is 2.57 bits per heavy atom. The molecule has 0 bridgehead atoms. The lowest BCUT2D eigenvalue weighted by molar-refractivity contribution is -0.116. The lowest BCUT2D eigenvalue weighted by atomic mass is 10.0. The average Bonchev–Trinajstić information content (AvgIpc) is 2.68. The van der Waals surface area contributed by atoms with Crippen LogP contribution in [-0.2, 0) is 4.79 Å². The number of nitrogens with one attached hydrogen (secondary N) is 2. The van der Waals surface area contributed by atoms with Crippen LogP contribution in [0.1, 0.15) is 35.2 Å². The molecule has 1 heterocycles. The van der Waals surface area contributed by atoms with Crippen LogP contribution in [0.3, 0.4) is 0 Å². The van der Waals surface area contributed by atoms with Crippen molar-refractivity contribution in [1.82, 2.24) is 10.2 Å². The molecule has 2 amide bonds. The topological polar surface area (TPSA) is 61.4 Å². The van der Waals surface area contributed by atoms with Crippen LogP contribution in [0.2, 0.25) is 5.02 Å². The lowest BCUT2D eigenvalue weighted by Gasteiger charge is -2.32. The normalized spacial score (nSPS) is 15.2. The fourth-order valence-electron chi connectivity index (χ4n) is 3.44. The number of aryl methyl sites for hydroxylation is 1. The highest BCUT2D eigenvalue weighted by molar-refractivity contribution is 6.30. The standard InChI is InChI=1S/C22H26ClN3O2/c1-16-5-2-3-8-20(16)22(28)25-18-9-12-26(13-10-18)14-11-21(27)24-19-7-4-6-17(23)15-19/h2-8,15,18H,9-14H2,1H3,(H,24,27)(H,25,28). The number of nitrogens with zero attached hydrogens (tertiary/aromatic N) is 1. The molecule has 148 valence electrons. The maximum atomic E-state index is 12.4. The van der Waals surface area contributed by atoms with Gasteiger partial charge in [-0.2, -0.15) is 0 Å². The molecule has 0 unspecified atom stereocenters. The molecule has 0 saturated carbocycles. The number of halogens is 1. The Balaban J connectivity index is 1.39. The van der Waals surface area contributed by atoms with Gasteiger partial charge in [0.1, 0.15) is 0 Å². The van der Waals surface area contributed by atoms with Crippen LogP contribution in [0.5, 0.6) is 0 Å². The largest absolute Gasteiger partial charge is 0.349 e. The van der Waals surface area contributed by atoms with Crippen molar-refractivity contribution in [2.45, 2.75) is 32.2 Å². The van der Waals surface area contributed by atoms with Gasteiger partial charge in [0.25, 0.3) is 5.91 Å². The predicted octanol–water partition coefficient (Wildman–Crippen LogP) is 3.87. The van der Waals surface area contributed by atoms with Crippen molar-refractivity contribution in [3.05, 3.63) is 64.7 Å². The van der Waals surface area contributed by atoms with Crippen LogP contribution in [0, 0.1) is 6.92 Å². The molecule has 0 atom stereocenters. The van der Waals surface area contributed by atoms with Gasteiger partial charge in [0.05, 0.1) is 0 Å². The van der Waals surface area contributed by atoms with Gasteiger partial charge in [-0.1, -0.05) is 35.9 Å². The number of hydrogen-bond acceptors (Lipinski definition) is 3. The smallest absolute Gasteiger partial charge is 0.251 e. The SMILES string of the molecule is Cc1ccccc1C(=O)NC1CCN(CCC(=O)Nc2cccc(Cl)c2)CC1. The van der Waals surface area contributed by atoms with Crippen molar-refractivity contribution in [3.63, 3.8) is 0 Å². The maximum absolute atomic E-state index is 12.4. The van der Waals surface area contributed by atoms with Crippen molar-refractivity contribution >= 4 is 29.1 Å². The highest BCUT2D eigenvalue weighted by atomic mass is 35.5. The molecule has 5 nitrogen and oxygen atoms in total. The Hall–Kier alpha value is -2.37. The summed E-state index contributed by atoms with van der Waals surface area (Å²) in [6, 6.07) is 15.0. The van der Waals surface area contributed by atoms with E-state index in [0.717, 1.165) is 42.7 Å². The zero-order chi connectivity index (χ0) is 19.9. The molecule has 28 heavy (non-hydrogen) atoms. The summed E-state index contributed by atoms with van der Waals surface area (Å²) in [7, 11) is 0. The number of carbonyl (C=O) groups excluding carboxylic acids is 2. The van der Waals surface area contributed by atoms with E-state index >= 15 is 0 Å². The number of rotatable bonds is 6. The first-order valence-corrected chi connectivity index (χ1v) is 10.0. The molecule has 0 spiro atoms. The Morgan fingerprint density at radius 2 is 1.86 bits per heavy atom. The van der Waals surface area contributed by atoms with Crippen molar-refractivity contribution in [2.24, 2.45) is 0 Å². The molecule has 0 aliphatic carbocycles. The van der Waals surface area contributed by atoms with Gasteiger partial charge in [-0.05, 0) is 49.6 Å². The van der Waals surface area contributed by atoms with E-state index in [1.807, 2.05) is 43.3 Å². The zero-order valence-electron chi connectivity index (χ0n) is 16.1. The Labute approximate surface area is 171 Å². The number of hydrogen-bond donors (Lipinski definition) is 2. The Bertz CT molecular complexity index is 832. The van der Waals surface area contributed by atoms with E-state index < -0.39 is 0 Å². The van der Waals surface area contributed by atoms with E-state index in [1.54, 1.807) is 12.1 Å². The number of benzene rings is 2. The third kappa shape index (κ3) is 5.81. The molecule has 1 saturated heterocycles. The van der Waals surface area contributed by atoms with Gasteiger partial charge >= 0.3 is 0 Å². The lowest BCUT2D eigenvalue weighted by Crippen LogP contribution is -2.45. The summed E-state index contributed by atoms with van der Waals surface area (Å²) in [5.74, 6) is -0.0188. The minimum Gasteiger partial charge on any atom is -0.349 e. The first-order chi connectivity index (χ1) is 13.5. The zero-order valence-corrected chi connectivity index (χ0v) is 16.8. The fraction of sp³-hybridized carbons (Fsp3) is 0.364. The predicted molar refractivity (Wildman–Crippen MR) is 113 cm³/mol. The third-order valence-corrected chi connectivity index (χ3v) is 5.31. The van der Waals surface area contributed by atoms with Crippen LogP contribution in [0.25, 0.3) is 0 Å². The summed E-state index contributed by atoms with van der Waals surface area (Å²) in [5, 5.41) is 6.62. The van der Waals surface area contributed by atoms with Gasteiger partial charge in [0.15, 0.2) is 0 Å². The van der Waals surface area contributed by atoms with E-state index in [1.165, 1.54) is 0 Å². The summed E-state index contributed by atoms with van der Waals surface area (Å²) >= 11 is 5.93. The summed E-state index contributed by atoms with van der Waals surface area (Å²) in [4.78, 5) is 26.8. The first-order valence-electron chi connectivity index (χ1n) is 9.65. The van der Waals surface area contributed by atoms with Gasteiger partial charge in [-0.3, -0.25) is 9.59 Å². The minimum atomic E-state index is -0.0164. The number of likely N-dealkylation sites (tertiary alicyclic amines) is 1. The summed E-state index contributed by atoms with van der Waals surface area (Å²) in [6.07, 6.45) is 2.23. The van der Waals surface area contributed by atoms with Gasteiger partial charge < -0.3 is 15.5 Å². The molecule has 6 heteroatoms. The Morgan fingerprint density at radius 1 is 1.11 bits per heavy atom. The second-order valence-electron chi connectivity index (χ2n) is 7.21. The van der Waals surface area contributed by atoms with Crippen LogP contribution in [0.4, 0.5) is 5.69 Å². The molecule has 1 aliphatic rings. The van der Waals surface area contributed by atoms with Crippen LogP contribution >= 0.6 is 11.6 Å². The number of anilines is 1.